The molecule has 1 aliphatic carbocycles. The Morgan fingerprint density at radius 1 is 0.406 bits per heavy atom. The fourth-order valence-corrected chi connectivity index (χ4v) is 4.93. The molecule has 32 heavy (non-hydrogen) atoms. The molecule has 0 amide bonds. The zero-order valence-corrected chi connectivity index (χ0v) is 17.3. The van der Waals surface area contributed by atoms with Gasteiger partial charge in [0.05, 0.1) is 22.4 Å². The molecule has 1 heterocycles. The third-order valence-electron chi connectivity index (χ3n) is 6.38. The van der Waals surface area contributed by atoms with E-state index in [4.69, 9.17) is 9.97 Å². The lowest BCUT2D eigenvalue weighted by Crippen LogP contribution is -1.96. The van der Waals surface area contributed by atoms with Crippen molar-refractivity contribution in [2.45, 2.75) is 0 Å². The van der Waals surface area contributed by atoms with Crippen molar-refractivity contribution in [2.24, 2.45) is 0 Å². The van der Waals surface area contributed by atoms with Gasteiger partial charge in [0.1, 0.15) is 0 Å². The molecular weight excluding hydrogens is 388 g/mol. The molecule has 0 saturated heterocycles. The summed E-state index contributed by atoms with van der Waals surface area (Å²) in [5.74, 6) is 0. The molecular formula is C30H18N2. The van der Waals surface area contributed by atoms with Gasteiger partial charge in [-0.05, 0) is 45.2 Å². The van der Waals surface area contributed by atoms with Gasteiger partial charge in [-0.3, -0.25) is 0 Å². The molecule has 0 bridgehead atoms. The molecule has 5 aromatic carbocycles. The Labute approximate surface area is 185 Å². The minimum Gasteiger partial charge on any atom is -0.244 e. The van der Waals surface area contributed by atoms with E-state index in [9.17, 15) is 0 Å². The number of rotatable bonds is 2. The first-order chi connectivity index (χ1) is 15.9. The molecule has 0 atom stereocenters. The van der Waals surface area contributed by atoms with E-state index in [1.165, 1.54) is 33.0 Å². The zero-order chi connectivity index (χ0) is 21.1. The van der Waals surface area contributed by atoms with Crippen LogP contribution in [0.3, 0.4) is 0 Å². The van der Waals surface area contributed by atoms with Crippen molar-refractivity contribution in [3.8, 4) is 44.8 Å². The predicted molar refractivity (Wildman–Crippen MR) is 132 cm³/mol. The van der Waals surface area contributed by atoms with E-state index >= 15 is 0 Å². The maximum Gasteiger partial charge on any atom is 0.0973 e. The van der Waals surface area contributed by atoms with E-state index in [2.05, 4.69) is 97.1 Å². The topological polar surface area (TPSA) is 25.8 Å². The summed E-state index contributed by atoms with van der Waals surface area (Å²) >= 11 is 0. The summed E-state index contributed by atoms with van der Waals surface area (Å²) in [6.07, 6.45) is 0. The van der Waals surface area contributed by atoms with Gasteiger partial charge >= 0.3 is 0 Å². The number of aromatic nitrogens is 2. The minimum atomic E-state index is 0.915. The highest BCUT2D eigenvalue weighted by Crippen LogP contribution is 2.48. The molecule has 0 N–H and O–H groups in total. The molecule has 6 aromatic rings. The average molecular weight is 406 g/mol. The Hall–Kier alpha value is -4.30. The quantitative estimate of drug-likeness (QED) is 0.293. The largest absolute Gasteiger partial charge is 0.244 e. The second kappa shape index (κ2) is 6.60. The van der Waals surface area contributed by atoms with Crippen LogP contribution in [0.1, 0.15) is 0 Å². The van der Waals surface area contributed by atoms with Crippen LogP contribution in [-0.4, -0.2) is 9.97 Å². The predicted octanol–water partition coefficient (Wildman–Crippen LogP) is 7.76. The normalized spacial score (nSPS) is 11.8. The SMILES string of the molecule is c1ccc(-c2nc3cc4c(cc3nc2-c2ccccc2)-c2cccc3cccc-4c23)cc1. The van der Waals surface area contributed by atoms with Gasteiger partial charge in [-0.25, -0.2) is 9.97 Å². The first-order valence-electron chi connectivity index (χ1n) is 10.9. The van der Waals surface area contributed by atoms with Gasteiger partial charge in [0.15, 0.2) is 0 Å². The third-order valence-corrected chi connectivity index (χ3v) is 6.38. The Balaban J connectivity index is 1.56. The van der Waals surface area contributed by atoms with Crippen LogP contribution in [0.15, 0.2) is 109 Å². The van der Waals surface area contributed by atoms with Crippen LogP contribution in [-0.2, 0) is 0 Å². The van der Waals surface area contributed by atoms with Gasteiger partial charge in [-0.15, -0.1) is 0 Å². The van der Waals surface area contributed by atoms with Crippen LogP contribution >= 0.6 is 0 Å². The lowest BCUT2D eigenvalue weighted by molar-refractivity contribution is 1.29. The maximum absolute atomic E-state index is 5.16. The molecule has 148 valence electrons. The fourth-order valence-electron chi connectivity index (χ4n) is 4.93. The summed E-state index contributed by atoms with van der Waals surface area (Å²) in [6.45, 7) is 0. The highest BCUT2D eigenvalue weighted by molar-refractivity contribution is 6.17. The van der Waals surface area contributed by atoms with E-state index in [0.29, 0.717) is 0 Å². The zero-order valence-electron chi connectivity index (χ0n) is 17.3. The van der Waals surface area contributed by atoms with Gasteiger partial charge in [-0.1, -0.05) is 97.1 Å². The summed E-state index contributed by atoms with van der Waals surface area (Å²) in [5, 5.41) is 2.60. The maximum atomic E-state index is 5.16. The Bertz CT molecular complexity index is 1530. The molecule has 0 fully saturated rings. The van der Waals surface area contributed by atoms with E-state index in [1.807, 2.05) is 12.1 Å². The van der Waals surface area contributed by atoms with Crippen LogP contribution in [0.4, 0.5) is 0 Å². The summed E-state index contributed by atoms with van der Waals surface area (Å²) in [7, 11) is 0. The van der Waals surface area contributed by atoms with Crippen LogP contribution in [0.2, 0.25) is 0 Å². The van der Waals surface area contributed by atoms with Crippen LogP contribution in [0.25, 0.3) is 66.6 Å². The van der Waals surface area contributed by atoms with E-state index in [0.717, 1.165) is 33.5 Å². The van der Waals surface area contributed by atoms with E-state index in [-0.39, 0.29) is 0 Å². The Morgan fingerprint density at radius 3 is 1.34 bits per heavy atom. The smallest absolute Gasteiger partial charge is 0.0973 e. The summed E-state index contributed by atoms with van der Waals surface area (Å²) in [6, 6.07) is 38.2. The number of hydrogen-bond donors (Lipinski definition) is 0. The summed E-state index contributed by atoms with van der Waals surface area (Å²) in [5.41, 5.74) is 10.9. The van der Waals surface area contributed by atoms with Crippen molar-refractivity contribution in [3.05, 3.63) is 109 Å². The van der Waals surface area contributed by atoms with Crippen molar-refractivity contribution < 1.29 is 0 Å². The molecule has 0 radical (unpaired) electrons. The van der Waals surface area contributed by atoms with E-state index in [1.54, 1.807) is 0 Å². The number of fused-ring (bicyclic) bond motifs is 4. The minimum absolute atomic E-state index is 0.915. The van der Waals surface area contributed by atoms with Crippen molar-refractivity contribution in [1.29, 1.82) is 0 Å². The van der Waals surface area contributed by atoms with Crippen LogP contribution < -0.4 is 0 Å². The van der Waals surface area contributed by atoms with Crippen molar-refractivity contribution in [3.63, 3.8) is 0 Å². The molecule has 2 heteroatoms. The molecule has 0 aliphatic heterocycles. The average Bonchev–Trinajstić information content (AvgIpc) is 3.18. The molecule has 1 aromatic heterocycles. The van der Waals surface area contributed by atoms with E-state index < -0.39 is 0 Å². The fraction of sp³-hybridized carbons (Fsp3) is 0. The van der Waals surface area contributed by atoms with Crippen molar-refractivity contribution in [1.82, 2.24) is 9.97 Å². The lowest BCUT2D eigenvalue weighted by Gasteiger charge is -2.12. The Kier molecular flexibility index (Phi) is 3.58. The third kappa shape index (κ3) is 2.47. The summed E-state index contributed by atoms with van der Waals surface area (Å²) < 4.78 is 0. The van der Waals surface area contributed by atoms with Crippen LogP contribution in [0.5, 0.6) is 0 Å². The molecule has 7 rings (SSSR count). The van der Waals surface area contributed by atoms with Crippen molar-refractivity contribution >= 4 is 21.8 Å². The van der Waals surface area contributed by atoms with Gasteiger partial charge < -0.3 is 0 Å². The van der Waals surface area contributed by atoms with Gasteiger partial charge in [0, 0.05) is 11.1 Å². The Morgan fingerprint density at radius 2 is 0.875 bits per heavy atom. The molecule has 1 aliphatic rings. The van der Waals surface area contributed by atoms with Gasteiger partial charge in [-0.2, -0.15) is 0 Å². The van der Waals surface area contributed by atoms with Gasteiger partial charge in [0.2, 0.25) is 0 Å². The first-order valence-corrected chi connectivity index (χ1v) is 10.9. The molecule has 0 unspecified atom stereocenters. The number of nitrogens with zero attached hydrogens (tertiary/aromatic N) is 2. The standard InChI is InChI=1S/C30H18N2/c1-3-9-20(10-4-1)29-30(21-11-5-2-6-12-21)32-27-18-25-23-16-8-14-19-13-7-15-22(28(19)23)24(25)17-26(27)31-29/h1-18H. The highest BCUT2D eigenvalue weighted by Gasteiger charge is 2.23. The second-order valence-corrected chi connectivity index (χ2v) is 8.25. The lowest BCUT2D eigenvalue weighted by atomic mass is 10.0. The summed E-state index contributed by atoms with van der Waals surface area (Å²) in [4.78, 5) is 10.3. The molecule has 2 nitrogen and oxygen atoms in total. The van der Waals surface area contributed by atoms with Gasteiger partial charge in [0.25, 0.3) is 0 Å². The number of hydrogen-bond acceptors (Lipinski definition) is 2. The molecule has 0 spiro atoms. The van der Waals surface area contributed by atoms with Crippen LogP contribution in [0, 0.1) is 0 Å². The highest BCUT2D eigenvalue weighted by atomic mass is 14.8. The first kappa shape index (κ1) is 17.4. The second-order valence-electron chi connectivity index (χ2n) is 8.25. The monoisotopic (exact) mass is 406 g/mol. The molecule has 0 saturated carbocycles. The van der Waals surface area contributed by atoms with Crippen molar-refractivity contribution in [2.75, 3.05) is 0 Å². The number of benzene rings is 5.